The van der Waals surface area contributed by atoms with Crippen molar-refractivity contribution in [1.82, 2.24) is 20.4 Å². The Balaban J connectivity index is 0.00000320. The van der Waals surface area contributed by atoms with Crippen LogP contribution < -0.4 is 10.6 Å². The lowest BCUT2D eigenvalue weighted by Crippen LogP contribution is -2.49. The van der Waals surface area contributed by atoms with Crippen LogP contribution in [0.2, 0.25) is 0 Å². The van der Waals surface area contributed by atoms with Gasteiger partial charge in [0.1, 0.15) is 5.82 Å². The minimum absolute atomic E-state index is 0. The second-order valence-electron chi connectivity index (χ2n) is 7.50. The Morgan fingerprint density at radius 2 is 2.10 bits per heavy atom. The molecule has 0 radical (unpaired) electrons. The topological polar surface area (TPSA) is 69.2 Å². The number of aliphatic imine (C=N–C) groups is 1. The molecule has 7 nitrogen and oxygen atoms in total. The smallest absolute Gasteiger partial charge is 0.222 e. The van der Waals surface area contributed by atoms with Crippen LogP contribution in [0.3, 0.4) is 0 Å². The number of likely N-dealkylation sites (tertiary alicyclic amines) is 1. The second-order valence-corrected chi connectivity index (χ2v) is 7.50. The molecule has 2 saturated heterocycles. The number of amides is 1. The minimum atomic E-state index is -0.227. The van der Waals surface area contributed by atoms with Crippen molar-refractivity contribution in [3.63, 3.8) is 0 Å². The van der Waals surface area contributed by atoms with Gasteiger partial charge in [-0.3, -0.25) is 14.7 Å². The van der Waals surface area contributed by atoms with Crippen molar-refractivity contribution >= 4 is 35.8 Å². The summed E-state index contributed by atoms with van der Waals surface area (Å²) in [6.45, 7) is 6.96. The molecule has 1 aromatic rings. The second kappa shape index (κ2) is 12.4. The Morgan fingerprint density at radius 1 is 1.33 bits per heavy atom. The van der Waals surface area contributed by atoms with Crippen molar-refractivity contribution in [2.24, 2.45) is 4.99 Å². The molecule has 0 aromatic heterocycles. The first-order valence-corrected chi connectivity index (χ1v) is 10.4. The van der Waals surface area contributed by atoms with Crippen molar-refractivity contribution < 1.29 is 13.9 Å². The lowest BCUT2D eigenvalue weighted by atomic mass is 10.0. The van der Waals surface area contributed by atoms with Gasteiger partial charge in [-0.05, 0) is 24.1 Å². The number of rotatable bonds is 6. The van der Waals surface area contributed by atoms with Crippen LogP contribution in [0, 0.1) is 5.82 Å². The van der Waals surface area contributed by atoms with Gasteiger partial charge in [0, 0.05) is 52.2 Å². The Morgan fingerprint density at radius 3 is 2.77 bits per heavy atom. The van der Waals surface area contributed by atoms with Gasteiger partial charge in [-0.15, -0.1) is 24.0 Å². The maximum Gasteiger partial charge on any atom is 0.222 e. The van der Waals surface area contributed by atoms with Gasteiger partial charge in [0.05, 0.1) is 19.3 Å². The van der Waals surface area contributed by atoms with Gasteiger partial charge in [0.25, 0.3) is 0 Å². The predicted octanol–water partition coefficient (Wildman–Crippen LogP) is 1.99. The average Bonchev–Trinajstić information content (AvgIpc) is 3.22. The molecular weight excluding hydrogens is 500 g/mol. The Bertz CT molecular complexity index is 714. The molecule has 2 atom stereocenters. The normalized spacial score (nSPS) is 21.1. The molecule has 0 saturated carbocycles. The summed E-state index contributed by atoms with van der Waals surface area (Å²) in [7, 11) is 1.74. The molecule has 2 aliphatic heterocycles. The lowest BCUT2D eigenvalue weighted by Gasteiger charge is -2.35. The third-order valence-electron chi connectivity index (χ3n) is 5.59. The van der Waals surface area contributed by atoms with E-state index in [1.54, 1.807) is 19.2 Å². The van der Waals surface area contributed by atoms with E-state index in [4.69, 9.17) is 4.74 Å². The van der Waals surface area contributed by atoms with E-state index in [9.17, 15) is 9.18 Å². The zero-order valence-corrected chi connectivity index (χ0v) is 20.1. The van der Waals surface area contributed by atoms with Crippen LogP contribution in [0.4, 0.5) is 4.39 Å². The molecule has 0 bridgehead atoms. The summed E-state index contributed by atoms with van der Waals surface area (Å²) < 4.78 is 19.3. The molecule has 2 fully saturated rings. The van der Waals surface area contributed by atoms with Crippen molar-refractivity contribution in [3.05, 3.63) is 35.6 Å². The van der Waals surface area contributed by atoms with E-state index in [0.717, 1.165) is 31.6 Å². The summed E-state index contributed by atoms with van der Waals surface area (Å²) in [5.74, 6) is 0.668. The SMILES string of the molecule is CCC(=O)N1CCC(NC(=NC)NCC(c2cccc(F)c2)N2CCOCC2)C1.I. The molecule has 168 valence electrons. The quantitative estimate of drug-likeness (QED) is 0.333. The molecule has 2 aliphatic rings. The summed E-state index contributed by atoms with van der Waals surface area (Å²) in [6, 6.07) is 7.00. The highest BCUT2D eigenvalue weighted by Gasteiger charge is 2.27. The molecule has 2 heterocycles. The summed E-state index contributed by atoms with van der Waals surface area (Å²) in [6.07, 6.45) is 1.44. The maximum atomic E-state index is 13.8. The average molecular weight is 533 g/mol. The molecule has 30 heavy (non-hydrogen) atoms. The number of nitrogens with zero attached hydrogens (tertiary/aromatic N) is 3. The summed E-state index contributed by atoms with van der Waals surface area (Å²) in [5, 5.41) is 6.82. The number of benzene rings is 1. The molecule has 9 heteroatoms. The maximum absolute atomic E-state index is 13.8. The van der Waals surface area contributed by atoms with Crippen LogP contribution >= 0.6 is 24.0 Å². The highest BCUT2D eigenvalue weighted by atomic mass is 127. The molecule has 1 aromatic carbocycles. The van der Waals surface area contributed by atoms with Gasteiger partial charge >= 0.3 is 0 Å². The Labute approximate surface area is 195 Å². The zero-order chi connectivity index (χ0) is 20.6. The van der Waals surface area contributed by atoms with Gasteiger partial charge in [-0.1, -0.05) is 19.1 Å². The molecule has 1 amide bonds. The van der Waals surface area contributed by atoms with Crippen LogP contribution in [-0.4, -0.2) is 80.7 Å². The predicted molar refractivity (Wildman–Crippen MR) is 127 cm³/mol. The fraction of sp³-hybridized carbons (Fsp3) is 0.619. The summed E-state index contributed by atoms with van der Waals surface area (Å²) >= 11 is 0. The molecule has 0 spiro atoms. The summed E-state index contributed by atoms with van der Waals surface area (Å²) in [5.41, 5.74) is 0.940. The van der Waals surface area contributed by atoms with E-state index in [-0.39, 0.29) is 47.8 Å². The standard InChI is InChI=1S/C21H32FN5O2.HI/c1-3-20(28)27-8-7-18(15-27)25-21(23-2)24-14-19(26-9-11-29-12-10-26)16-5-4-6-17(22)13-16;/h4-6,13,18-19H,3,7-12,14-15H2,1-2H3,(H2,23,24,25);1H. The third-order valence-corrected chi connectivity index (χ3v) is 5.59. The first kappa shape index (κ1) is 24.8. The molecule has 0 aliphatic carbocycles. The molecular formula is C21H33FIN5O2. The van der Waals surface area contributed by atoms with Crippen molar-refractivity contribution in [3.8, 4) is 0 Å². The largest absolute Gasteiger partial charge is 0.379 e. The lowest BCUT2D eigenvalue weighted by molar-refractivity contribution is -0.129. The highest BCUT2D eigenvalue weighted by molar-refractivity contribution is 14.0. The van der Waals surface area contributed by atoms with E-state index in [0.29, 0.717) is 38.7 Å². The first-order valence-electron chi connectivity index (χ1n) is 10.4. The molecule has 3 rings (SSSR count). The first-order chi connectivity index (χ1) is 14.1. The van der Waals surface area contributed by atoms with Crippen LogP contribution in [0.1, 0.15) is 31.4 Å². The van der Waals surface area contributed by atoms with Gasteiger partial charge in [-0.25, -0.2) is 4.39 Å². The van der Waals surface area contributed by atoms with Crippen molar-refractivity contribution in [1.29, 1.82) is 0 Å². The number of halogens is 2. The number of hydrogen-bond acceptors (Lipinski definition) is 4. The van der Waals surface area contributed by atoms with Gasteiger partial charge < -0.3 is 20.3 Å². The van der Waals surface area contributed by atoms with Gasteiger partial charge in [-0.2, -0.15) is 0 Å². The number of carbonyl (C=O) groups is 1. The van der Waals surface area contributed by atoms with Gasteiger partial charge in [0.2, 0.25) is 5.91 Å². The number of ether oxygens (including phenoxy) is 1. The number of carbonyl (C=O) groups excluding carboxylic acids is 1. The van der Waals surface area contributed by atoms with E-state index >= 15 is 0 Å². The van der Waals surface area contributed by atoms with Crippen molar-refractivity contribution in [2.75, 3.05) is 53.0 Å². The van der Waals surface area contributed by atoms with Gasteiger partial charge in [0.15, 0.2) is 5.96 Å². The van der Waals surface area contributed by atoms with Crippen LogP contribution in [-0.2, 0) is 9.53 Å². The minimum Gasteiger partial charge on any atom is -0.379 e. The molecule has 2 N–H and O–H groups in total. The summed E-state index contributed by atoms with van der Waals surface area (Å²) in [4.78, 5) is 20.5. The third kappa shape index (κ3) is 6.78. The van der Waals surface area contributed by atoms with Crippen LogP contribution in [0.5, 0.6) is 0 Å². The fourth-order valence-corrected chi connectivity index (χ4v) is 3.97. The Kier molecular flexibility index (Phi) is 10.3. The number of morpholine rings is 1. The van der Waals surface area contributed by atoms with Crippen molar-refractivity contribution in [2.45, 2.75) is 31.8 Å². The van der Waals surface area contributed by atoms with Crippen LogP contribution in [0.15, 0.2) is 29.3 Å². The van der Waals surface area contributed by atoms with E-state index in [2.05, 4.69) is 20.5 Å². The zero-order valence-electron chi connectivity index (χ0n) is 17.8. The number of guanidine groups is 1. The number of hydrogen-bond donors (Lipinski definition) is 2. The monoisotopic (exact) mass is 533 g/mol. The Hall–Kier alpha value is -1.46. The van der Waals surface area contributed by atoms with E-state index in [1.807, 2.05) is 17.9 Å². The highest BCUT2D eigenvalue weighted by Crippen LogP contribution is 2.22. The van der Waals surface area contributed by atoms with E-state index < -0.39 is 0 Å². The van der Waals surface area contributed by atoms with Crippen LogP contribution in [0.25, 0.3) is 0 Å². The number of nitrogens with one attached hydrogen (secondary N) is 2. The fourth-order valence-electron chi connectivity index (χ4n) is 3.97. The molecule has 2 unspecified atom stereocenters. The van der Waals surface area contributed by atoms with E-state index in [1.165, 1.54) is 6.07 Å².